The van der Waals surface area contributed by atoms with Gasteiger partial charge in [0.25, 0.3) is 0 Å². The highest BCUT2D eigenvalue weighted by molar-refractivity contribution is 6.09. The Hall–Kier alpha value is -5.25. The van der Waals surface area contributed by atoms with Gasteiger partial charge in [0.2, 0.25) is 5.91 Å². The highest BCUT2D eigenvalue weighted by Gasteiger charge is 2.45. The Kier molecular flexibility index (Phi) is 7.84. The summed E-state index contributed by atoms with van der Waals surface area (Å²) in [6.45, 7) is 4.43. The highest BCUT2D eigenvalue weighted by Crippen LogP contribution is 2.43. The van der Waals surface area contributed by atoms with E-state index in [-0.39, 0.29) is 42.2 Å². The summed E-state index contributed by atoms with van der Waals surface area (Å²) in [7, 11) is 5.06. The quantitative estimate of drug-likeness (QED) is 0.215. The minimum absolute atomic E-state index is 0.0711. The van der Waals surface area contributed by atoms with E-state index in [1.54, 1.807) is 34.7 Å². The van der Waals surface area contributed by atoms with Gasteiger partial charge in [-0.3, -0.25) is 39.4 Å². The maximum atomic E-state index is 15.8. The number of piperidine rings is 1. The van der Waals surface area contributed by atoms with Crippen molar-refractivity contribution in [1.29, 1.82) is 0 Å². The summed E-state index contributed by atoms with van der Waals surface area (Å²) >= 11 is 0. The van der Waals surface area contributed by atoms with Gasteiger partial charge >= 0.3 is 11.7 Å². The molecule has 1 N–H and O–H groups in total. The normalized spacial score (nSPS) is 21.5. The number of anilines is 3. The minimum Gasteiger partial charge on any atom is -0.490 e. The van der Waals surface area contributed by atoms with E-state index >= 15 is 4.39 Å². The maximum absolute atomic E-state index is 15.8. The molecular weight excluding hydrogens is 647 g/mol. The first-order valence-electron chi connectivity index (χ1n) is 17.0. The van der Waals surface area contributed by atoms with Gasteiger partial charge in [0, 0.05) is 112 Å². The van der Waals surface area contributed by atoms with Crippen LogP contribution < -0.4 is 24.8 Å². The van der Waals surface area contributed by atoms with Gasteiger partial charge in [-0.15, -0.1) is 0 Å². The third-order valence-electron chi connectivity index (χ3n) is 10.8. The summed E-state index contributed by atoms with van der Waals surface area (Å²) in [5.74, 6) is 0.412. The molecule has 8 rings (SSSR count). The number of nitrogens with zero attached hydrogens (tertiary/aromatic N) is 9. The molecule has 4 fully saturated rings. The van der Waals surface area contributed by atoms with Gasteiger partial charge < -0.3 is 14.5 Å². The van der Waals surface area contributed by atoms with Gasteiger partial charge in [0.05, 0.1) is 29.4 Å². The smallest absolute Gasteiger partial charge is 0.329 e. The summed E-state index contributed by atoms with van der Waals surface area (Å²) in [4.78, 5) is 44.0. The molecule has 4 aliphatic rings. The molecule has 50 heavy (non-hydrogen) atoms. The molecule has 4 aliphatic heterocycles. The van der Waals surface area contributed by atoms with Crippen molar-refractivity contribution in [2.24, 2.45) is 20.0 Å². The van der Waals surface area contributed by atoms with Gasteiger partial charge in [0.15, 0.2) is 11.6 Å². The zero-order valence-corrected chi connectivity index (χ0v) is 28.2. The number of nitrogens with one attached hydrogen (secondary N) is 1. The van der Waals surface area contributed by atoms with Crippen LogP contribution in [-0.2, 0) is 18.9 Å². The number of benzene rings is 2. The molecular formula is C34H39FN10O5. The number of likely N-dealkylation sites (tertiary alicyclic amines) is 1. The van der Waals surface area contributed by atoms with Crippen molar-refractivity contribution in [3.8, 4) is 16.9 Å². The van der Waals surface area contributed by atoms with Crippen LogP contribution in [0, 0.1) is 21.8 Å². The van der Waals surface area contributed by atoms with Crippen LogP contribution in [0.4, 0.5) is 32.1 Å². The van der Waals surface area contributed by atoms with Crippen molar-refractivity contribution in [1.82, 2.24) is 29.8 Å². The van der Waals surface area contributed by atoms with Crippen LogP contribution in [0.1, 0.15) is 25.7 Å². The number of hydrogen-bond acceptors (Lipinski definition) is 10. The van der Waals surface area contributed by atoms with E-state index < -0.39 is 11.0 Å². The second-order valence-electron chi connectivity index (χ2n) is 13.8. The first-order valence-corrected chi connectivity index (χ1v) is 17.0. The topological polar surface area (TPSA) is 147 Å². The number of hydrogen-bond donors (Lipinski definition) is 1. The monoisotopic (exact) mass is 686 g/mol. The molecule has 2 bridgehead atoms. The number of nitro benzene ring substituents is 1. The molecule has 0 aliphatic carbocycles. The lowest BCUT2D eigenvalue weighted by Gasteiger charge is -2.40. The number of carbonyl (C=O) groups excluding carboxylic acids is 2. The Morgan fingerprint density at radius 3 is 2.52 bits per heavy atom. The van der Waals surface area contributed by atoms with E-state index in [9.17, 15) is 19.7 Å². The van der Waals surface area contributed by atoms with E-state index in [1.165, 1.54) is 18.1 Å². The summed E-state index contributed by atoms with van der Waals surface area (Å²) in [5, 5.41) is 23.5. The second-order valence-corrected chi connectivity index (χ2v) is 13.8. The lowest BCUT2D eigenvalue weighted by molar-refractivity contribution is -0.385. The zero-order chi connectivity index (χ0) is 34.8. The number of ether oxygens (including phenoxy) is 1. The van der Waals surface area contributed by atoms with Crippen molar-refractivity contribution >= 4 is 45.7 Å². The fraction of sp³-hybridized carbons (Fsp3) is 0.471. The number of nitro groups is 1. The van der Waals surface area contributed by atoms with E-state index in [1.807, 2.05) is 19.3 Å². The Balaban J connectivity index is 0.934. The van der Waals surface area contributed by atoms with Crippen LogP contribution in [-0.4, -0.2) is 99.8 Å². The number of carbonyl (C=O) groups is 2. The van der Waals surface area contributed by atoms with Crippen molar-refractivity contribution in [3.63, 3.8) is 0 Å². The Morgan fingerprint density at radius 2 is 1.86 bits per heavy atom. The molecule has 4 aromatic rings. The molecule has 16 heteroatoms. The summed E-state index contributed by atoms with van der Waals surface area (Å²) in [5.41, 5.74) is 3.70. The summed E-state index contributed by atoms with van der Waals surface area (Å²) in [6, 6.07) is 6.66. The molecule has 3 amide bonds. The van der Waals surface area contributed by atoms with Crippen LogP contribution in [0.25, 0.3) is 22.0 Å². The largest absolute Gasteiger partial charge is 0.490 e. The SMILES string of the molecule is COc1cc(N2CCC(CN3C[C@@H]4C[C@H]3CN4c3cc4c(cc3F)c(N3CCC(=O)NC3=O)nn4C)CC2)c(-c2cnn(C)c2)cc1[N+](=O)[O-]. The number of methoxy groups -OCH3 is 1. The second kappa shape index (κ2) is 12.3. The van der Waals surface area contributed by atoms with Crippen LogP contribution in [0.15, 0.2) is 36.7 Å². The van der Waals surface area contributed by atoms with Gasteiger partial charge in [0.1, 0.15) is 5.82 Å². The van der Waals surface area contributed by atoms with Crippen molar-refractivity contribution in [2.45, 2.75) is 37.8 Å². The minimum atomic E-state index is -0.547. The van der Waals surface area contributed by atoms with Gasteiger partial charge in [-0.25, -0.2) is 9.18 Å². The first kappa shape index (κ1) is 32.0. The number of amides is 3. The predicted octanol–water partition coefficient (Wildman–Crippen LogP) is 3.66. The molecule has 6 heterocycles. The fourth-order valence-corrected chi connectivity index (χ4v) is 8.31. The lowest BCUT2D eigenvalue weighted by Crippen LogP contribution is -2.49. The van der Waals surface area contributed by atoms with E-state index in [0.717, 1.165) is 74.3 Å². The summed E-state index contributed by atoms with van der Waals surface area (Å²) < 4.78 is 24.6. The van der Waals surface area contributed by atoms with E-state index in [0.29, 0.717) is 28.9 Å². The number of imide groups is 1. The number of halogens is 1. The molecule has 2 atom stereocenters. The average molecular weight is 687 g/mol. The van der Waals surface area contributed by atoms with Gasteiger partial charge in [-0.05, 0) is 37.3 Å². The number of rotatable bonds is 8. The Bertz CT molecular complexity index is 2020. The van der Waals surface area contributed by atoms with Crippen molar-refractivity contribution in [3.05, 3.63) is 52.6 Å². The van der Waals surface area contributed by atoms with Crippen LogP contribution in [0.2, 0.25) is 0 Å². The van der Waals surface area contributed by atoms with Crippen LogP contribution >= 0.6 is 0 Å². The molecule has 0 saturated carbocycles. The number of aryl methyl sites for hydroxylation is 2. The molecule has 0 radical (unpaired) electrons. The predicted molar refractivity (Wildman–Crippen MR) is 184 cm³/mol. The lowest BCUT2D eigenvalue weighted by atomic mass is 9.94. The molecule has 2 aromatic heterocycles. The van der Waals surface area contributed by atoms with Crippen LogP contribution in [0.3, 0.4) is 0 Å². The molecule has 4 saturated heterocycles. The van der Waals surface area contributed by atoms with Crippen molar-refractivity contribution in [2.75, 3.05) is 61.1 Å². The molecule has 0 spiro atoms. The molecule has 262 valence electrons. The Morgan fingerprint density at radius 1 is 1.06 bits per heavy atom. The van der Waals surface area contributed by atoms with Crippen LogP contribution in [0.5, 0.6) is 5.75 Å². The molecule has 15 nitrogen and oxygen atoms in total. The number of fused-ring (bicyclic) bond motifs is 3. The highest BCUT2D eigenvalue weighted by atomic mass is 19.1. The standard InChI is InChI=1S/C34H39FN10O5/c1-39-17-21(15-36-39)24-12-30(45(48)49)31(50-3)14-28(24)41-7-4-20(5-8-41)16-42-18-23-10-22(42)19-44(23)29-13-27-25(11-26(29)35)33(38-40(27)2)43-9-6-32(46)37-34(43)47/h11-15,17,20,22-23H,4-10,16,18-19H2,1-3H3,(H,37,46,47)/t22-,23-/m0/s1. The fourth-order valence-electron chi connectivity index (χ4n) is 8.31. The summed E-state index contributed by atoms with van der Waals surface area (Å²) in [6.07, 6.45) is 6.71. The third-order valence-corrected chi connectivity index (χ3v) is 10.8. The third kappa shape index (κ3) is 5.47. The van der Waals surface area contributed by atoms with Crippen molar-refractivity contribution < 1.29 is 23.6 Å². The van der Waals surface area contributed by atoms with E-state index in [4.69, 9.17) is 4.74 Å². The molecule has 0 unspecified atom stereocenters. The molecule has 2 aromatic carbocycles. The average Bonchev–Trinajstić information content (AvgIpc) is 3.88. The zero-order valence-electron chi connectivity index (χ0n) is 28.2. The maximum Gasteiger partial charge on any atom is 0.329 e. The Labute approximate surface area is 287 Å². The van der Waals surface area contributed by atoms with Gasteiger partial charge in [-0.1, -0.05) is 0 Å². The number of aromatic nitrogens is 4. The first-order chi connectivity index (χ1) is 24.1. The van der Waals surface area contributed by atoms with E-state index in [2.05, 4.69) is 30.2 Å². The van der Waals surface area contributed by atoms with Gasteiger partial charge in [-0.2, -0.15) is 10.2 Å². The number of urea groups is 1. The number of piperazine rings is 1.